The molecule has 0 spiro atoms. The molecule has 0 fully saturated rings. The van der Waals surface area contributed by atoms with Crippen molar-refractivity contribution in [2.45, 2.75) is 20.0 Å². The van der Waals surface area contributed by atoms with Gasteiger partial charge in [-0.2, -0.15) is 0 Å². The van der Waals surface area contributed by atoms with E-state index >= 15 is 0 Å². The maximum absolute atomic E-state index is 13.6. The second kappa shape index (κ2) is 12.4. The zero-order valence-electron chi connectivity index (χ0n) is 21.9. The third-order valence-electron chi connectivity index (χ3n) is 6.23. The van der Waals surface area contributed by atoms with Crippen LogP contribution in [0, 0.1) is 0 Å². The first-order valence-electron chi connectivity index (χ1n) is 12.2. The number of rotatable bonds is 9. The summed E-state index contributed by atoms with van der Waals surface area (Å²) in [5, 5.41) is 3.14. The highest BCUT2D eigenvalue weighted by Gasteiger charge is 2.21. The Bertz CT molecular complexity index is 1700. The zero-order chi connectivity index (χ0) is 29.0. The minimum atomic E-state index is -0.793. The minimum Gasteiger partial charge on any atom is -0.495 e. The molecule has 0 aliphatic heterocycles. The summed E-state index contributed by atoms with van der Waals surface area (Å²) in [5.74, 6) is -0.365. The first kappa shape index (κ1) is 28.9. The summed E-state index contributed by atoms with van der Waals surface area (Å²) in [7, 11) is 2.88. The number of carbonyl (C=O) groups is 2. The van der Waals surface area contributed by atoms with Crippen LogP contribution < -0.4 is 30.9 Å². The Hall–Kier alpha value is -4.09. The molecule has 10 nitrogen and oxygen atoms in total. The van der Waals surface area contributed by atoms with Crippen molar-refractivity contribution < 1.29 is 19.1 Å². The Balaban J connectivity index is 1.70. The van der Waals surface area contributed by atoms with E-state index < -0.39 is 36.2 Å². The summed E-state index contributed by atoms with van der Waals surface area (Å²) in [6.07, 6.45) is 0. The van der Waals surface area contributed by atoms with Crippen LogP contribution in [0.5, 0.6) is 11.5 Å². The number of hydrogen-bond donors (Lipinski definition) is 1. The summed E-state index contributed by atoms with van der Waals surface area (Å²) < 4.78 is 13.4. The van der Waals surface area contributed by atoms with Crippen LogP contribution in [0.4, 0.5) is 11.4 Å². The second-order valence-electron chi connectivity index (χ2n) is 8.63. The quantitative estimate of drug-likeness (QED) is 0.296. The third kappa shape index (κ3) is 5.90. The fraction of sp³-hybridized carbons (Fsp3) is 0.214. The predicted octanol–water partition coefficient (Wildman–Crippen LogP) is 4.29. The van der Waals surface area contributed by atoms with Gasteiger partial charge in [-0.1, -0.05) is 39.7 Å². The Morgan fingerprint density at radius 3 is 2.27 bits per heavy atom. The number of para-hydroxylation sites is 1. The topological polar surface area (TPSA) is 112 Å². The second-order valence-corrected chi connectivity index (χ2v) is 9.95. The lowest BCUT2D eigenvalue weighted by atomic mass is 10.2. The first-order chi connectivity index (χ1) is 19.2. The Labute approximate surface area is 242 Å². The van der Waals surface area contributed by atoms with Crippen LogP contribution >= 0.6 is 27.5 Å². The summed E-state index contributed by atoms with van der Waals surface area (Å²) in [6, 6.07) is 16.5. The zero-order valence-corrected chi connectivity index (χ0v) is 24.3. The first-order valence-corrected chi connectivity index (χ1v) is 13.3. The fourth-order valence-corrected chi connectivity index (χ4v) is 4.80. The fourth-order valence-electron chi connectivity index (χ4n) is 4.30. The molecule has 0 saturated carbocycles. The number of fused-ring (bicyclic) bond motifs is 1. The van der Waals surface area contributed by atoms with Gasteiger partial charge in [0, 0.05) is 22.8 Å². The van der Waals surface area contributed by atoms with Gasteiger partial charge in [-0.25, -0.2) is 4.79 Å². The molecular weight excluding hydrogens is 604 g/mol. The molecule has 12 heteroatoms. The molecule has 1 N–H and O–H groups in total. The van der Waals surface area contributed by atoms with Gasteiger partial charge in [0.05, 0.1) is 35.8 Å². The van der Waals surface area contributed by atoms with Crippen LogP contribution in [-0.4, -0.2) is 41.7 Å². The summed E-state index contributed by atoms with van der Waals surface area (Å²) in [4.78, 5) is 54.8. The van der Waals surface area contributed by atoms with Crippen molar-refractivity contribution in [2.24, 2.45) is 0 Å². The highest BCUT2D eigenvalue weighted by atomic mass is 79.9. The average molecular weight is 630 g/mol. The van der Waals surface area contributed by atoms with Gasteiger partial charge >= 0.3 is 5.69 Å². The Kier molecular flexibility index (Phi) is 8.96. The number of nitrogens with one attached hydrogen (secondary N) is 1. The van der Waals surface area contributed by atoms with Crippen molar-refractivity contribution in [2.75, 3.05) is 31.0 Å². The molecule has 4 aromatic rings. The lowest BCUT2D eigenvalue weighted by molar-refractivity contribution is -0.119. The highest BCUT2D eigenvalue weighted by molar-refractivity contribution is 9.10. The van der Waals surface area contributed by atoms with Crippen LogP contribution in [0.1, 0.15) is 6.92 Å². The monoisotopic (exact) mass is 628 g/mol. The molecule has 0 unspecified atom stereocenters. The van der Waals surface area contributed by atoms with Gasteiger partial charge in [-0.15, -0.1) is 0 Å². The highest BCUT2D eigenvalue weighted by Crippen LogP contribution is 2.35. The van der Waals surface area contributed by atoms with Crippen LogP contribution in [-0.2, 0) is 22.7 Å². The molecule has 0 radical (unpaired) electrons. The van der Waals surface area contributed by atoms with Crippen LogP contribution in [0.15, 0.2) is 74.7 Å². The van der Waals surface area contributed by atoms with E-state index in [1.807, 2.05) is 0 Å². The van der Waals surface area contributed by atoms with E-state index in [1.165, 1.54) is 31.3 Å². The Morgan fingerprint density at radius 1 is 0.950 bits per heavy atom. The number of likely N-dealkylation sites (N-methyl/N-ethyl adjacent to an activating group) is 1. The van der Waals surface area contributed by atoms with Crippen LogP contribution in [0.25, 0.3) is 10.9 Å². The molecule has 0 bridgehead atoms. The molecule has 4 rings (SSSR count). The van der Waals surface area contributed by atoms with E-state index in [4.69, 9.17) is 21.1 Å². The minimum absolute atomic E-state index is 0.194. The largest absolute Gasteiger partial charge is 0.495 e. The van der Waals surface area contributed by atoms with Gasteiger partial charge in [0.1, 0.15) is 24.6 Å². The van der Waals surface area contributed by atoms with Gasteiger partial charge < -0.3 is 19.7 Å². The number of aromatic nitrogens is 2. The smallest absolute Gasteiger partial charge is 0.332 e. The van der Waals surface area contributed by atoms with E-state index in [9.17, 15) is 19.2 Å². The van der Waals surface area contributed by atoms with E-state index in [-0.39, 0.29) is 21.6 Å². The normalized spacial score (nSPS) is 10.8. The van der Waals surface area contributed by atoms with E-state index in [2.05, 4.69) is 21.2 Å². The number of ether oxygens (including phenoxy) is 2. The van der Waals surface area contributed by atoms with Crippen molar-refractivity contribution in [1.29, 1.82) is 0 Å². The maximum Gasteiger partial charge on any atom is 0.332 e. The van der Waals surface area contributed by atoms with Crippen LogP contribution in [0.2, 0.25) is 5.02 Å². The van der Waals surface area contributed by atoms with Gasteiger partial charge in [0.2, 0.25) is 11.8 Å². The summed E-state index contributed by atoms with van der Waals surface area (Å²) in [5.41, 5.74) is -0.264. The van der Waals surface area contributed by atoms with E-state index in [1.54, 1.807) is 55.5 Å². The number of methoxy groups -OCH3 is 2. The van der Waals surface area contributed by atoms with E-state index in [0.717, 1.165) is 13.6 Å². The molecule has 0 saturated heterocycles. The molecule has 1 heterocycles. The SMILES string of the molecule is CCN(C(=O)Cn1c(=O)c2ccccc2n(CC(=O)Nc2cc(Cl)c(OC)cc2OC)c1=O)c1ccc(Br)cc1. The molecule has 208 valence electrons. The predicted molar refractivity (Wildman–Crippen MR) is 158 cm³/mol. The molecule has 0 aliphatic rings. The van der Waals surface area contributed by atoms with Gasteiger partial charge in [-0.3, -0.25) is 23.5 Å². The molecular formula is C28H26BrClN4O6. The molecule has 40 heavy (non-hydrogen) atoms. The standard InChI is InChI=1S/C28H26BrClN4O6/c1-4-32(18-11-9-17(29)10-12-18)26(36)16-34-27(37)19-7-5-6-8-22(19)33(28(34)38)15-25(35)31-21-13-20(30)23(39-2)14-24(21)40-3/h5-14H,4,15-16H2,1-3H3,(H,31,35). The van der Waals surface area contributed by atoms with Gasteiger partial charge in [-0.05, 0) is 49.4 Å². The summed E-state index contributed by atoms with van der Waals surface area (Å²) >= 11 is 9.59. The van der Waals surface area contributed by atoms with E-state index in [0.29, 0.717) is 23.7 Å². The number of nitrogens with zero attached hydrogens (tertiary/aromatic N) is 3. The van der Waals surface area contributed by atoms with Crippen LogP contribution in [0.3, 0.4) is 0 Å². The van der Waals surface area contributed by atoms with Gasteiger partial charge in [0.15, 0.2) is 0 Å². The molecule has 1 aromatic heterocycles. The summed E-state index contributed by atoms with van der Waals surface area (Å²) in [6.45, 7) is 1.18. The molecule has 3 aromatic carbocycles. The number of halogens is 2. The molecule has 0 atom stereocenters. The van der Waals surface area contributed by atoms with Crippen molar-refractivity contribution in [3.63, 3.8) is 0 Å². The van der Waals surface area contributed by atoms with Gasteiger partial charge in [0.25, 0.3) is 5.56 Å². The number of benzene rings is 3. The average Bonchev–Trinajstić information content (AvgIpc) is 2.95. The maximum atomic E-state index is 13.6. The Morgan fingerprint density at radius 2 is 1.62 bits per heavy atom. The third-order valence-corrected chi connectivity index (χ3v) is 7.05. The van der Waals surface area contributed by atoms with Crippen molar-refractivity contribution in [3.8, 4) is 11.5 Å². The molecule has 0 aliphatic carbocycles. The number of anilines is 2. The van der Waals surface area contributed by atoms with Crippen molar-refractivity contribution in [3.05, 3.63) is 91.0 Å². The van der Waals surface area contributed by atoms with Crippen molar-refractivity contribution in [1.82, 2.24) is 9.13 Å². The lowest BCUT2D eigenvalue weighted by Crippen LogP contribution is -2.46. The number of carbonyl (C=O) groups excluding carboxylic acids is 2. The van der Waals surface area contributed by atoms with Crippen molar-refractivity contribution >= 4 is 61.6 Å². The molecule has 2 amide bonds. The number of hydrogen-bond acceptors (Lipinski definition) is 6. The number of amides is 2. The lowest BCUT2D eigenvalue weighted by Gasteiger charge is -2.22.